The van der Waals surface area contributed by atoms with Gasteiger partial charge in [0.1, 0.15) is 6.61 Å². The molecule has 0 aromatic heterocycles. The first kappa shape index (κ1) is 11.5. The number of hydrogen-bond donors (Lipinski definition) is 2. The van der Waals surface area contributed by atoms with E-state index in [0.717, 1.165) is 31.2 Å². The first-order chi connectivity index (χ1) is 8.64. The third-order valence-electron chi connectivity index (χ3n) is 4.05. The largest absolute Gasteiger partial charge is 0.445 e. The SMILES string of the molecule is NC1(C2(NC(=O)OCc3ccccc3)CC2)CC1. The molecule has 2 aliphatic rings. The van der Waals surface area contributed by atoms with Crippen molar-refractivity contribution in [3.8, 4) is 0 Å². The van der Waals surface area contributed by atoms with Crippen molar-refractivity contribution in [2.75, 3.05) is 0 Å². The van der Waals surface area contributed by atoms with Crippen molar-refractivity contribution in [2.24, 2.45) is 5.73 Å². The molecule has 4 heteroatoms. The van der Waals surface area contributed by atoms with Gasteiger partial charge in [-0.2, -0.15) is 0 Å². The molecular formula is C14H18N2O2. The molecule has 0 spiro atoms. The molecule has 1 amide bonds. The zero-order chi connectivity index (χ0) is 12.6. The third kappa shape index (κ3) is 2.08. The Hall–Kier alpha value is -1.55. The molecule has 2 saturated carbocycles. The third-order valence-corrected chi connectivity index (χ3v) is 4.05. The molecule has 0 unspecified atom stereocenters. The highest BCUT2D eigenvalue weighted by Gasteiger charge is 2.64. The van der Waals surface area contributed by atoms with Gasteiger partial charge in [0.25, 0.3) is 0 Å². The van der Waals surface area contributed by atoms with Gasteiger partial charge in [-0.05, 0) is 31.2 Å². The Kier molecular flexibility index (Phi) is 2.55. The maximum absolute atomic E-state index is 11.8. The first-order valence-electron chi connectivity index (χ1n) is 6.41. The fourth-order valence-electron chi connectivity index (χ4n) is 2.44. The molecule has 0 bridgehead atoms. The monoisotopic (exact) mass is 246 g/mol. The number of benzene rings is 1. The van der Waals surface area contributed by atoms with Crippen LogP contribution in [0, 0.1) is 0 Å². The van der Waals surface area contributed by atoms with E-state index in [0.29, 0.717) is 6.61 Å². The lowest BCUT2D eigenvalue weighted by molar-refractivity contribution is 0.131. The highest BCUT2D eigenvalue weighted by molar-refractivity contribution is 5.69. The van der Waals surface area contributed by atoms with Gasteiger partial charge in [-0.1, -0.05) is 30.3 Å². The topological polar surface area (TPSA) is 64.3 Å². The molecule has 0 saturated heterocycles. The number of carbonyl (C=O) groups is 1. The Bertz CT molecular complexity index is 450. The minimum atomic E-state index is -0.354. The molecule has 96 valence electrons. The fraction of sp³-hybridized carbons (Fsp3) is 0.500. The van der Waals surface area contributed by atoms with Crippen LogP contribution in [0.15, 0.2) is 30.3 Å². The predicted molar refractivity (Wildman–Crippen MR) is 67.9 cm³/mol. The van der Waals surface area contributed by atoms with Crippen LogP contribution < -0.4 is 11.1 Å². The van der Waals surface area contributed by atoms with Crippen molar-refractivity contribution >= 4 is 6.09 Å². The van der Waals surface area contributed by atoms with Gasteiger partial charge in [0, 0.05) is 5.54 Å². The Morgan fingerprint density at radius 3 is 2.44 bits per heavy atom. The second-order valence-electron chi connectivity index (χ2n) is 5.42. The van der Waals surface area contributed by atoms with Crippen LogP contribution in [0.25, 0.3) is 0 Å². The van der Waals surface area contributed by atoms with Gasteiger partial charge in [-0.3, -0.25) is 0 Å². The van der Waals surface area contributed by atoms with Gasteiger partial charge < -0.3 is 15.8 Å². The Balaban J connectivity index is 1.51. The van der Waals surface area contributed by atoms with E-state index < -0.39 is 0 Å². The highest BCUT2D eigenvalue weighted by Crippen LogP contribution is 2.55. The van der Waals surface area contributed by atoms with Crippen molar-refractivity contribution in [3.63, 3.8) is 0 Å². The lowest BCUT2D eigenvalue weighted by Gasteiger charge is -2.23. The van der Waals surface area contributed by atoms with Crippen molar-refractivity contribution in [2.45, 2.75) is 43.4 Å². The van der Waals surface area contributed by atoms with Gasteiger partial charge in [0.2, 0.25) is 0 Å². The maximum atomic E-state index is 11.8. The second-order valence-corrected chi connectivity index (χ2v) is 5.42. The van der Waals surface area contributed by atoms with E-state index in [2.05, 4.69) is 5.32 Å². The van der Waals surface area contributed by atoms with E-state index in [4.69, 9.17) is 10.5 Å². The number of amides is 1. The zero-order valence-corrected chi connectivity index (χ0v) is 10.3. The van der Waals surface area contributed by atoms with Crippen LogP contribution in [-0.4, -0.2) is 17.2 Å². The Morgan fingerprint density at radius 1 is 1.22 bits per heavy atom. The van der Waals surface area contributed by atoms with E-state index in [1.165, 1.54) is 0 Å². The smallest absolute Gasteiger partial charge is 0.407 e. The van der Waals surface area contributed by atoms with E-state index in [1.807, 2.05) is 30.3 Å². The lowest BCUT2D eigenvalue weighted by Crippen LogP contribution is -2.52. The maximum Gasteiger partial charge on any atom is 0.407 e. The summed E-state index contributed by atoms with van der Waals surface area (Å²) in [6, 6.07) is 9.67. The van der Waals surface area contributed by atoms with Gasteiger partial charge in [-0.15, -0.1) is 0 Å². The minimum Gasteiger partial charge on any atom is -0.445 e. The normalized spacial score (nSPS) is 22.1. The standard InChI is InChI=1S/C14H18N2O2/c15-13(6-7-13)14(8-9-14)16-12(17)18-10-11-4-2-1-3-5-11/h1-5H,6-10,15H2,(H,16,17). The van der Waals surface area contributed by atoms with E-state index in [9.17, 15) is 4.79 Å². The van der Waals surface area contributed by atoms with Crippen molar-refractivity contribution in [3.05, 3.63) is 35.9 Å². The molecule has 2 aliphatic carbocycles. The van der Waals surface area contributed by atoms with Gasteiger partial charge >= 0.3 is 6.09 Å². The summed E-state index contributed by atoms with van der Waals surface area (Å²) in [5.41, 5.74) is 6.82. The molecule has 0 heterocycles. The summed E-state index contributed by atoms with van der Waals surface area (Å²) in [5, 5.41) is 2.95. The molecule has 0 atom stereocenters. The van der Waals surface area contributed by atoms with Gasteiger partial charge in [0.15, 0.2) is 0 Å². The van der Waals surface area contributed by atoms with Gasteiger partial charge in [-0.25, -0.2) is 4.79 Å². The lowest BCUT2D eigenvalue weighted by atomic mass is 10.1. The van der Waals surface area contributed by atoms with Crippen LogP contribution in [0.1, 0.15) is 31.2 Å². The number of hydrogen-bond acceptors (Lipinski definition) is 3. The molecule has 2 fully saturated rings. The average molecular weight is 246 g/mol. The van der Waals surface area contributed by atoms with Crippen LogP contribution in [0.3, 0.4) is 0 Å². The first-order valence-corrected chi connectivity index (χ1v) is 6.41. The van der Waals surface area contributed by atoms with E-state index in [-0.39, 0.29) is 17.2 Å². The number of carbonyl (C=O) groups excluding carboxylic acids is 1. The minimum absolute atomic E-state index is 0.168. The molecular weight excluding hydrogens is 228 g/mol. The summed E-state index contributed by atoms with van der Waals surface area (Å²) < 4.78 is 5.22. The quantitative estimate of drug-likeness (QED) is 0.853. The summed E-state index contributed by atoms with van der Waals surface area (Å²) in [7, 11) is 0. The van der Waals surface area contributed by atoms with E-state index >= 15 is 0 Å². The van der Waals surface area contributed by atoms with Crippen LogP contribution in [-0.2, 0) is 11.3 Å². The van der Waals surface area contributed by atoms with Crippen LogP contribution in [0.5, 0.6) is 0 Å². The molecule has 1 aromatic rings. The fourth-order valence-corrected chi connectivity index (χ4v) is 2.44. The Morgan fingerprint density at radius 2 is 1.89 bits per heavy atom. The van der Waals surface area contributed by atoms with Gasteiger partial charge in [0.05, 0.1) is 5.54 Å². The molecule has 3 N–H and O–H groups in total. The molecule has 3 rings (SSSR count). The highest BCUT2D eigenvalue weighted by atomic mass is 16.5. The summed E-state index contributed by atoms with van der Waals surface area (Å²) in [5.74, 6) is 0. The summed E-state index contributed by atoms with van der Waals surface area (Å²) in [4.78, 5) is 11.8. The molecule has 0 aliphatic heterocycles. The van der Waals surface area contributed by atoms with E-state index in [1.54, 1.807) is 0 Å². The van der Waals surface area contributed by atoms with Crippen LogP contribution >= 0.6 is 0 Å². The molecule has 1 aromatic carbocycles. The predicted octanol–water partition coefficient (Wildman–Crippen LogP) is 1.94. The molecule has 18 heavy (non-hydrogen) atoms. The number of ether oxygens (including phenoxy) is 1. The van der Waals surface area contributed by atoms with Crippen LogP contribution in [0.2, 0.25) is 0 Å². The summed E-state index contributed by atoms with van der Waals surface area (Å²) >= 11 is 0. The molecule has 0 radical (unpaired) electrons. The number of rotatable bonds is 4. The molecule has 4 nitrogen and oxygen atoms in total. The van der Waals surface area contributed by atoms with Crippen molar-refractivity contribution in [1.82, 2.24) is 5.32 Å². The summed E-state index contributed by atoms with van der Waals surface area (Å²) in [6.45, 7) is 0.306. The van der Waals surface area contributed by atoms with Crippen LogP contribution in [0.4, 0.5) is 4.79 Å². The number of alkyl carbamates (subject to hydrolysis) is 1. The Labute approximate surface area is 107 Å². The van der Waals surface area contributed by atoms with Crippen molar-refractivity contribution < 1.29 is 9.53 Å². The average Bonchev–Trinajstić information content (AvgIpc) is 3.27. The van der Waals surface area contributed by atoms with Crippen molar-refractivity contribution in [1.29, 1.82) is 0 Å². The number of nitrogens with two attached hydrogens (primary N) is 1. The second kappa shape index (κ2) is 3.99. The summed E-state index contributed by atoms with van der Waals surface area (Å²) in [6.07, 6.45) is 3.61. The number of nitrogens with one attached hydrogen (secondary N) is 1. The zero-order valence-electron chi connectivity index (χ0n) is 10.3.